The standard InChI is InChI=1S/C19H32N4O.ClH/c1-3-8-17(20)19(24)21-11-7-12-23-14-13-22(2)15-18(23)16-9-5-4-6-10-16;/h4-6,9-10,17-18H,3,7-8,11-15,20H2,1-2H3,(H,21,24);1H. The van der Waals surface area contributed by atoms with Crippen LogP contribution < -0.4 is 11.1 Å². The number of hydrogen-bond acceptors (Lipinski definition) is 4. The number of amides is 1. The molecule has 0 spiro atoms. The molecule has 2 unspecified atom stereocenters. The fourth-order valence-electron chi connectivity index (χ4n) is 3.28. The minimum atomic E-state index is -0.365. The van der Waals surface area contributed by atoms with Crippen molar-refractivity contribution < 1.29 is 4.79 Å². The number of nitrogens with zero attached hydrogens (tertiary/aromatic N) is 2. The molecule has 1 amide bonds. The number of carbonyl (C=O) groups excluding carboxylic acids is 1. The molecule has 1 heterocycles. The smallest absolute Gasteiger partial charge is 0.236 e. The highest BCUT2D eigenvalue weighted by Crippen LogP contribution is 2.24. The first-order chi connectivity index (χ1) is 11.6. The molecule has 1 aromatic carbocycles. The summed E-state index contributed by atoms with van der Waals surface area (Å²) in [5.74, 6) is -0.0187. The summed E-state index contributed by atoms with van der Waals surface area (Å²) in [5.41, 5.74) is 7.21. The first-order valence-electron chi connectivity index (χ1n) is 9.12. The summed E-state index contributed by atoms with van der Waals surface area (Å²) in [6, 6.07) is 10.8. The van der Waals surface area contributed by atoms with Gasteiger partial charge in [-0.25, -0.2) is 0 Å². The molecule has 1 aliphatic rings. The minimum Gasteiger partial charge on any atom is -0.355 e. The lowest BCUT2D eigenvalue weighted by Crippen LogP contribution is -2.47. The van der Waals surface area contributed by atoms with E-state index < -0.39 is 0 Å². The predicted octanol–water partition coefficient (Wildman–Crippen LogP) is 2.03. The maximum atomic E-state index is 11.9. The summed E-state index contributed by atoms with van der Waals surface area (Å²) in [5, 5.41) is 2.97. The molecule has 5 nitrogen and oxygen atoms in total. The van der Waals surface area contributed by atoms with E-state index in [0.717, 1.165) is 45.4 Å². The molecular weight excluding hydrogens is 336 g/mol. The molecule has 0 aliphatic carbocycles. The van der Waals surface area contributed by atoms with Crippen molar-refractivity contribution in [2.75, 3.05) is 39.8 Å². The lowest BCUT2D eigenvalue weighted by atomic mass is 10.0. The highest BCUT2D eigenvalue weighted by atomic mass is 35.5. The van der Waals surface area contributed by atoms with Crippen LogP contribution in [0, 0.1) is 0 Å². The molecule has 0 aromatic heterocycles. The third-order valence-electron chi connectivity index (χ3n) is 4.74. The average molecular weight is 369 g/mol. The van der Waals surface area contributed by atoms with Gasteiger partial charge in [-0.15, -0.1) is 12.4 Å². The largest absolute Gasteiger partial charge is 0.355 e. The molecule has 0 radical (unpaired) electrons. The predicted molar refractivity (Wildman–Crippen MR) is 106 cm³/mol. The minimum absolute atomic E-state index is 0. The van der Waals surface area contributed by atoms with Crippen molar-refractivity contribution in [3.63, 3.8) is 0 Å². The van der Waals surface area contributed by atoms with E-state index in [0.29, 0.717) is 12.6 Å². The number of rotatable bonds is 8. The van der Waals surface area contributed by atoms with E-state index in [9.17, 15) is 4.79 Å². The van der Waals surface area contributed by atoms with Crippen LogP contribution in [0.15, 0.2) is 30.3 Å². The molecule has 3 N–H and O–H groups in total. The average Bonchev–Trinajstić information content (AvgIpc) is 2.60. The highest BCUT2D eigenvalue weighted by molar-refractivity contribution is 5.85. The molecule has 1 saturated heterocycles. The third-order valence-corrected chi connectivity index (χ3v) is 4.74. The second kappa shape index (κ2) is 11.5. The van der Waals surface area contributed by atoms with E-state index in [1.807, 2.05) is 6.92 Å². The van der Waals surface area contributed by atoms with E-state index >= 15 is 0 Å². The van der Waals surface area contributed by atoms with Gasteiger partial charge in [0.25, 0.3) is 0 Å². The van der Waals surface area contributed by atoms with Crippen LogP contribution in [-0.4, -0.2) is 61.5 Å². The first kappa shape index (κ1) is 21.9. The van der Waals surface area contributed by atoms with Crippen molar-refractivity contribution >= 4 is 18.3 Å². The van der Waals surface area contributed by atoms with Gasteiger partial charge in [0.05, 0.1) is 6.04 Å². The number of hydrogen-bond donors (Lipinski definition) is 2. The van der Waals surface area contributed by atoms with E-state index in [-0.39, 0.29) is 24.4 Å². The summed E-state index contributed by atoms with van der Waals surface area (Å²) in [4.78, 5) is 16.8. The molecular formula is C19H33ClN4O. The maximum absolute atomic E-state index is 11.9. The van der Waals surface area contributed by atoms with Crippen molar-refractivity contribution in [3.8, 4) is 0 Å². The van der Waals surface area contributed by atoms with E-state index in [2.05, 4.69) is 52.5 Å². The molecule has 0 bridgehead atoms. The molecule has 1 aromatic rings. The van der Waals surface area contributed by atoms with E-state index in [1.54, 1.807) is 0 Å². The highest BCUT2D eigenvalue weighted by Gasteiger charge is 2.25. The number of piperazine rings is 1. The molecule has 1 aliphatic heterocycles. The van der Waals surface area contributed by atoms with E-state index in [1.165, 1.54) is 5.56 Å². The lowest BCUT2D eigenvalue weighted by molar-refractivity contribution is -0.122. The topological polar surface area (TPSA) is 61.6 Å². The van der Waals surface area contributed by atoms with Crippen molar-refractivity contribution in [3.05, 3.63) is 35.9 Å². The van der Waals surface area contributed by atoms with Crippen molar-refractivity contribution in [2.45, 2.75) is 38.3 Å². The molecule has 142 valence electrons. The quantitative estimate of drug-likeness (QED) is 0.689. The third kappa shape index (κ3) is 6.94. The zero-order valence-corrected chi connectivity index (χ0v) is 16.3. The zero-order valence-electron chi connectivity index (χ0n) is 15.5. The van der Waals surface area contributed by atoms with Crippen LogP contribution in [0.5, 0.6) is 0 Å². The summed E-state index contributed by atoms with van der Waals surface area (Å²) in [6.45, 7) is 6.96. The van der Waals surface area contributed by atoms with Crippen molar-refractivity contribution in [2.24, 2.45) is 5.73 Å². The van der Waals surface area contributed by atoms with E-state index in [4.69, 9.17) is 5.73 Å². The van der Waals surface area contributed by atoms with Gasteiger partial charge in [0.15, 0.2) is 0 Å². The Morgan fingerprint density at radius 3 is 2.72 bits per heavy atom. The number of nitrogens with two attached hydrogens (primary N) is 1. The van der Waals surface area contributed by atoms with Crippen LogP contribution in [0.4, 0.5) is 0 Å². The van der Waals surface area contributed by atoms with Crippen LogP contribution in [-0.2, 0) is 4.79 Å². The Bertz CT molecular complexity index is 499. The van der Waals surface area contributed by atoms with Gasteiger partial charge >= 0.3 is 0 Å². The summed E-state index contributed by atoms with van der Waals surface area (Å²) in [6.07, 6.45) is 2.65. The van der Waals surface area contributed by atoms with Gasteiger partial charge in [-0.1, -0.05) is 43.7 Å². The normalized spacial score (nSPS) is 19.9. The van der Waals surface area contributed by atoms with Crippen LogP contribution >= 0.6 is 12.4 Å². The van der Waals surface area contributed by atoms with Gasteiger partial charge in [0.1, 0.15) is 0 Å². The number of likely N-dealkylation sites (N-methyl/N-ethyl adjacent to an activating group) is 1. The Morgan fingerprint density at radius 1 is 1.32 bits per heavy atom. The second-order valence-corrected chi connectivity index (χ2v) is 6.76. The van der Waals surface area contributed by atoms with Gasteiger partial charge in [-0.2, -0.15) is 0 Å². The van der Waals surface area contributed by atoms with Gasteiger partial charge in [-0.05, 0) is 25.5 Å². The van der Waals surface area contributed by atoms with Crippen LogP contribution in [0.2, 0.25) is 0 Å². The van der Waals surface area contributed by atoms with Gasteiger partial charge in [-0.3, -0.25) is 9.69 Å². The Morgan fingerprint density at radius 2 is 2.04 bits per heavy atom. The second-order valence-electron chi connectivity index (χ2n) is 6.76. The van der Waals surface area contributed by atoms with Gasteiger partial charge in [0, 0.05) is 38.8 Å². The maximum Gasteiger partial charge on any atom is 0.236 e. The Kier molecular flexibility index (Phi) is 10.0. The molecule has 2 atom stereocenters. The Balaban J connectivity index is 0.00000312. The monoisotopic (exact) mass is 368 g/mol. The lowest BCUT2D eigenvalue weighted by Gasteiger charge is -2.40. The Labute approximate surface area is 158 Å². The SMILES string of the molecule is CCCC(N)C(=O)NCCCN1CCN(C)CC1c1ccccc1.Cl. The number of nitrogens with one attached hydrogen (secondary N) is 1. The fraction of sp³-hybridized carbons (Fsp3) is 0.632. The molecule has 2 rings (SSSR count). The first-order valence-corrected chi connectivity index (χ1v) is 9.12. The molecule has 6 heteroatoms. The molecule has 0 saturated carbocycles. The Hall–Kier alpha value is -1.14. The number of carbonyl (C=O) groups is 1. The summed E-state index contributed by atoms with van der Waals surface area (Å²) >= 11 is 0. The number of benzene rings is 1. The number of halogens is 1. The zero-order chi connectivity index (χ0) is 17.4. The van der Waals surface area contributed by atoms with Crippen molar-refractivity contribution in [1.29, 1.82) is 0 Å². The van der Waals surface area contributed by atoms with Gasteiger partial charge < -0.3 is 16.0 Å². The van der Waals surface area contributed by atoms with Crippen LogP contribution in [0.25, 0.3) is 0 Å². The fourth-order valence-corrected chi connectivity index (χ4v) is 3.28. The summed E-state index contributed by atoms with van der Waals surface area (Å²) < 4.78 is 0. The van der Waals surface area contributed by atoms with Crippen molar-refractivity contribution in [1.82, 2.24) is 15.1 Å². The summed E-state index contributed by atoms with van der Waals surface area (Å²) in [7, 11) is 2.18. The molecule has 25 heavy (non-hydrogen) atoms. The van der Waals surface area contributed by atoms with Crippen LogP contribution in [0.3, 0.4) is 0 Å². The molecule has 1 fully saturated rings. The van der Waals surface area contributed by atoms with Gasteiger partial charge in [0.2, 0.25) is 5.91 Å². The van der Waals surface area contributed by atoms with Crippen LogP contribution in [0.1, 0.15) is 37.8 Å².